The van der Waals surface area contributed by atoms with E-state index in [1.54, 1.807) is 0 Å². The molecule has 10 heavy (non-hydrogen) atoms. The number of benzene rings is 1. The fourth-order valence-corrected chi connectivity index (χ4v) is 1.26. The lowest BCUT2D eigenvalue weighted by Crippen LogP contribution is -1.72. The molecule has 0 bridgehead atoms. The topological polar surface area (TPSA) is 0 Å². The maximum atomic E-state index is 2.97. The summed E-state index contributed by atoms with van der Waals surface area (Å²) in [5.41, 5.74) is 1.08. The van der Waals surface area contributed by atoms with E-state index in [4.69, 9.17) is 0 Å². The zero-order chi connectivity index (χ0) is 7.40. The lowest BCUT2D eigenvalue weighted by atomic mass is 10.2. The Morgan fingerprint density at radius 3 is 2.20 bits per heavy atom. The van der Waals surface area contributed by atoms with Crippen molar-refractivity contribution >= 4 is 45.2 Å². The molecule has 0 saturated heterocycles. The van der Waals surface area contributed by atoms with Gasteiger partial charge in [-0.1, -0.05) is 5.92 Å². The molecule has 50 valence electrons. The second-order valence-corrected chi connectivity index (χ2v) is 3.51. The molecule has 0 radical (unpaired) electrons. The van der Waals surface area contributed by atoms with Crippen LogP contribution in [0, 0.1) is 13.4 Å². The molecule has 0 amide bonds. The van der Waals surface area contributed by atoms with Crippen LogP contribution < -0.4 is 0 Å². The Hall–Kier alpha value is 0.240. The number of hydrogen-bond donors (Lipinski definition) is 0. The van der Waals surface area contributed by atoms with E-state index < -0.39 is 0 Å². The molecule has 0 spiro atoms. The predicted octanol–water partition coefficient (Wildman–Crippen LogP) is 3.04. The molecule has 1 aromatic rings. The molecule has 1 aromatic carbocycles. The maximum absolute atomic E-state index is 2.97. The van der Waals surface area contributed by atoms with Crippen molar-refractivity contribution in [3.63, 3.8) is 0 Å². The van der Waals surface area contributed by atoms with E-state index in [0.717, 1.165) is 5.56 Å². The summed E-state index contributed by atoms with van der Waals surface area (Å²) in [6, 6.07) is 8.15. The van der Waals surface area contributed by atoms with Crippen LogP contribution in [-0.4, -0.2) is 0 Å². The average molecular weight is 354 g/mol. The Morgan fingerprint density at radius 1 is 1.10 bits per heavy atom. The molecule has 0 saturated carbocycles. The fraction of sp³-hybridized carbons (Fsp3) is 0. The van der Waals surface area contributed by atoms with Gasteiger partial charge in [-0.25, -0.2) is 0 Å². The van der Waals surface area contributed by atoms with Crippen LogP contribution in [0.3, 0.4) is 0 Å². The van der Waals surface area contributed by atoms with E-state index in [9.17, 15) is 0 Å². The molecule has 0 aliphatic rings. The minimum atomic E-state index is 1.08. The quantitative estimate of drug-likeness (QED) is 0.497. The van der Waals surface area contributed by atoms with Crippen molar-refractivity contribution in [1.82, 2.24) is 0 Å². The van der Waals surface area contributed by atoms with Crippen molar-refractivity contribution in [2.75, 3.05) is 0 Å². The molecular weight excluding hydrogens is 350 g/mol. The second-order valence-electron chi connectivity index (χ2n) is 1.73. The van der Waals surface area contributed by atoms with Gasteiger partial charge in [0.15, 0.2) is 0 Å². The number of halogens is 2. The van der Waals surface area contributed by atoms with E-state index >= 15 is 0 Å². The predicted molar refractivity (Wildman–Crippen MR) is 60.1 cm³/mol. The first kappa shape index (κ1) is 8.34. The van der Waals surface area contributed by atoms with Crippen molar-refractivity contribution < 1.29 is 0 Å². The third-order valence-electron chi connectivity index (χ3n) is 1.04. The van der Waals surface area contributed by atoms with Crippen LogP contribution in [0.5, 0.6) is 0 Å². The van der Waals surface area contributed by atoms with Gasteiger partial charge in [-0.2, -0.15) is 0 Å². The SMILES string of the molecule is IC#Cc1ccc(I)cc1. The van der Waals surface area contributed by atoms with E-state index in [2.05, 4.69) is 44.6 Å². The standard InChI is InChI=1S/C8H4I2/c9-6-5-7-1-3-8(10)4-2-7/h1-4H. The van der Waals surface area contributed by atoms with Gasteiger partial charge in [0, 0.05) is 31.7 Å². The molecule has 0 aliphatic carbocycles. The van der Waals surface area contributed by atoms with Gasteiger partial charge in [0.05, 0.1) is 0 Å². The van der Waals surface area contributed by atoms with Crippen molar-refractivity contribution in [2.45, 2.75) is 0 Å². The number of hydrogen-bond acceptors (Lipinski definition) is 0. The van der Waals surface area contributed by atoms with Gasteiger partial charge in [-0.15, -0.1) is 0 Å². The van der Waals surface area contributed by atoms with E-state index in [1.807, 2.05) is 34.7 Å². The normalized spacial score (nSPS) is 8.20. The monoisotopic (exact) mass is 354 g/mol. The zero-order valence-corrected chi connectivity index (χ0v) is 9.38. The molecule has 0 aromatic heterocycles. The molecule has 0 nitrogen and oxygen atoms in total. The first-order valence-corrected chi connectivity index (χ1v) is 4.86. The minimum absolute atomic E-state index is 1.08. The molecule has 2 heteroatoms. The summed E-state index contributed by atoms with van der Waals surface area (Å²) in [5.74, 6) is 2.97. The number of rotatable bonds is 0. The molecule has 0 fully saturated rings. The molecule has 0 unspecified atom stereocenters. The van der Waals surface area contributed by atoms with Gasteiger partial charge in [-0.3, -0.25) is 0 Å². The van der Waals surface area contributed by atoms with Crippen molar-refractivity contribution in [2.24, 2.45) is 0 Å². The first-order chi connectivity index (χ1) is 4.83. The maximum Gasteiger partial charge on any atom is 0.0254 e. The average Bonchev–Trinajstić information content (AvgIpc) is 1.95. The molecule has 0 aliphatic heterocycles. The van der Waals surface area contributed by atoms with Crippen LogP contribution in [0.15, 0.2) is 24.3 Å². The summed E-state index contributed by atoms with van der Waals surface area (Å²) in [6.07, 6.45) is 0. The van der Waals surface area contributed by atoms with Gasteiger partial charge in [0.1, 0.15) is 0 Å². The van der Waals surface area contributed by atoms with Crippen LogP contribution in [0.4, 0.5) is 0 Å². The highest BCUT2D eigenvalue weighted by molar-refractivity contribution is 14.1. The van der Waals surface area contributed by atoms with Gasteiger partial charge in [-0.05, 0) is 50.8 Å². The van der Waals surface area contributed by atoms with Gasteiger partial charge < -0.3 is 0 Å². The third kappa shape index (κ3) is 2.46. The van der Waals surface area contributed by atoms with Gasteiger partial charge in [0.2, 0.25) is 0 Å². The third-order valence-corrected chi connectivity index (χ3v) is 2.02. The van der Waals surface area contributed by atoms with Crippen LogP contribution in [0.1, 0.15) is 5.56 Å². The summed E-state index contributed by atoms with van der Waals surface area (Å²) in [6.45, 7) is 0. The second kappa shape index (κ2) is 4.19. The zero-order valence-electron chi connectivity index (χ0n) is 5.07. The van der Waals surface area contributed by atoms with Crippen LogP contribution in [0.25, 0.3) is 0 Å². The van der Waals surface area contributed by atoms with Crippen LogP contribution in [-0.2, 0) is 0 Å². The van der Waals surface area contributed by atoms with Gasteiger partial charge in [0.25, 0.3) is 0 Å². The van der Waals surface area contributed by atoms with Crippen molar-refractivity contribution in [3.8, 4) is 9.85 Å². The Labute approximate surface area is 87.7 Å². The Balaban J connectivity index is 2.97. The highest BCUT2D eigenvalue weighted by atomic mass is 127. The fourth-order valence-electron chi connectivity index (χ4n) is 0.588. The highest BCUT2D eigenvalue weighted by Gasteiger charge is 1.84. The summed E-state index contributed by atoms with van der Waals surface area (Å²) in [7, 11) is 0. The summed E-state index contributed by atoms with van der Waals surface area (Å²) < 4.78 is 4.07. The first-order valence-electron chi connectivity index (χ1n) is 2.70. The molecule has 0 N–H and O–H groups in total. The van der Waals surface area contributed by atoms with E-state index in [-0.39, 0.29) is 0 Å². The summed E-state index contributed by atoms with van der Waals surface area (Å²) >= 11 is 4.31. The minimum Gasteiger partial charge on any atom is -0.0556 e. The van der Waals surface area contributed by atoms with Crippen LogP contribution in [0.2, 0.25) is 0 Å². The molecular formula is C8H4I2. The van der Waals surface area contributed by atoms with Crippen molar-refractivity contribution in [1.29, 1.82) is 0 Å². The largest absolute Gasteiger partial charge is 0.0556 e. The molecule has 0 heterocycles. The molecule has 0 atom stereocenters. The smallest absolute Gasteiger partial charge is 0.0254 e. The van der Waals surface area contributed by atoms with E-state index in [0.29, 0.717) is 0 Å². The van der Waals surface area contributed by atoms with Crippen LogP contribution >= 0.6 is 45.2 Å². The van der Waals surface area contributed by atoms with E-state index in [1.165, 1.54) is 3.57 Å². The summed E-state index contributed by atoms with van der Waals surface area (Å²) in [5, 5.41) is 0. The Bertz CT molecular complexity index is 264. The molecule has 1 rings (SSSR count). The van der Waals surface area contributed by atoms with Gasteiger partial charge >= 0.3 is 0 Å². The Kier molecular flexibility index (Phi) is 3.49. The lowest BCUT2D eigenvalue weighted by molar-refractivity contribution is 1.60. The summed E-state index contributed by atoms with van der Waals surface area (Å²) in [4.78, 5) is 0. The van der Waals surface area contributed by atoms with Crippen molar-refractivity contribution in [3.05, 3.63) is 33.4 Å². The lowest BCUT2D eigenvalue weighted by Gasteiger charge is -1.88. The highest BCUT2D eigenvalue weighted by Crippen LogP contribution is 2.05. The Morgan fingerprint density at radius 2 is 1.70 bits per heavy atom.